The minimum Gasteiger partial charge on any atom is -0.381 e. The van der Waals surface area contributed by atoms with Crippen molar-refractivity contribution in [2.45, 2.75) is 64.7 Å². The van der Waals surface area contributed by atoms with Gasteiger partial charge in [0.2, 0.25) is 0 Å². The zero-order chi connectivity index (χ0) is 29.5. The van der Waals surface area contributed by atoms with E-state index in [1.807, 2.05) is 6.92 Å². The SMILES string of the molecule is C1CCCCC1.CCOCCOCCCC1CCN(C(N)=O)C1.Nc1nc(-c2c[nH]c3ncc(F)cc23)ncc1F. The molecule has 0 radical (unpaired) electrons. The molecule has 0 spiro atoms. The number of fused-ring (bicyclic) bond motifs is 1. The molecule has 2 fully saturated rings. The number of nitrogens with zero attached hydrogens (tertiary/aromatic N) is 4. The topological polar surface area (TPSA) is 145 Å². The lowest BCUT2D eigenvalue weighted by Gasteiger charge is -2.13. The Morgan fingerprint density at radius 1 is 1.07 bits per heavy atom. The smallest absolute Gasteiger partial charge is 0.314 e. The summed E-state index contributed by atoms with van der Waals surface area (Å²) in [6, 6.07) is 1.01. The van der Waals surface area contributed by atoms with Gasteiger partial charge in [0.05, 0.1) is 25.6 Å². The number of aromatic amines is 1. The van der Waals surface area contributed by atoms with Gasteiger partial charge in [0.15, 0.2) is 17.5 Å². The van der Waals surface area contributed by atoms with Crippen molar-refractivity contribution < 1.29 is 23.0 Å². The summed E-state index contributed by atoms with van der Waals surface area (Å²) in [6.07, 6.45) is 15.9. The number of hydrogen-bond donors (Lipinski definition) is 3. The molecule has 12 heteroatoms. The molecule has 1 atom stereocenters. The molecule has 1 unspecified atom stereocenters. The third-order valence-electron chi connectivity index (χ3n) is 7.08. The predicted octanol–water partition coefficient (Wildman–Crippen LogP) is 5.44. The first-order valence-electron chi connectivity index (χ1n) is 14.5. The Balaban J connectivity index is 0.000000188. The Morgan fingerprint density at radius 2 is 1.78 bits per heavy atom. The molecule has 41 heavy (non-hydrogen) atoms. The van der Waals surface area contributed by atoms with Crippen molar-refractivity contribution in [2.24, 2.45) is 11.7 Å². The van der Waals surface area contributed by atoms with Crippen LogP contribution in [0.2, 0.25) is 0 Å². The van der Waals surface area contributed by atoms with E-state index >= 15 is 0 Å². The number of likely N-dealkylation sites (tertiary alicyclic amines) is 1. The van der Waals surface area contributed by atoms with E-state index in [1.54, 1.807) is 11.1 Å². The van der Waals surface area contributed by atoms with E-state index in [-0.39, 0.29) is 17.7 Å². The number of nitrogen functional groups attached to an aromatic ring is 1. The number of ether oxygens (including phenoxy) is 2. The van der Waals surface area contributed by atoms with E-state index in [4.69, 9.17) is 20.9 Å². The molecule has 3 aromatic rings. The van der Waals surface area contributed by atoms with Gasteiger partial charge in [-0.1, -0.05) is 38.5 Å². The first-order chi connectivity index (χ1) is 19.9. The molecule has 0 bridgehead atoms. The van der Waals surface area contributed by atoms with Crippen molar-refractivity contribution in [3.8, 4) is 11.4 Å². The molecule has 1 aliphatic carbocycles. The van der Waals surface area contributed by atoms with Crippen LogP contribution in [-0.4, -0.2) is 70.4 Å². The molecule has 226 valence electrons. The van der Waals surface area contributed by atoms with Gasteiger partial charge >= 0.3 is 6.03 Å². The number of amides is 2. The molecule has 1 saturated heterocycles. The average Bonchev–Trinajstić information content (AvgIpc) is 3.63. The molecule has 10 nitrogen and oxygen atoms in total. The van der Waals surface area contributed by atoms with E-state index in [2.05, 4.69) is 19.9 Å². The number of carbonyl (C=O) groups is 1. The molecule has 5 rings (SSSR count). The van der Waals surface area contributed by atoms with E-state index in [1.165, 1.54) is 44.6 Å². The second-order valence-corrected chi connectivity index (χ2v) is 10.2. The van der Waals surface area contributed by atoms with Gasteiger partial charge in [-0.25, -0.2) is 28.5 Å². The maximum Gasteiger partial charge on any atom is 0.314 e. The Morgan fingerprint density at radius 3 is 2.41 bits per heavy atom. The summed E-state index contributed by atoms with van der Waals surface area (Å²) in [5, 5.41) is 0.515. The van der Waals surface area contributed by atoms with Gasteiger partial charge < -0.3 is 30.8 Å². The molecule has 0 aromatic carbocycles. The standard InChI is InChI=1S/C12H24N2O3.C11H7F2N5.C6H12/c1-2-16-8-9-17-7-3-4-11-5-6-14(10-11)12(13)15;12-5-1-6-7(3-16-10(6)15-2-5)11-17-4-8(13)9(14)18-11;1-2-4-6-5-3-1/h11H,2-10H2,1H3,(H2,13,15);1-4H,(H,15,16)(H2,14,17,18);1-6H2. The van der Waals surface area contributed by atoms with Crippen LogP contribution in [0.3, 0.4) is 0 Å². The number of aromatic nitrogens is 4. The third kappa shape index (κ3) is 10.8. The zero-order valence-corrected chi connectivity index (χ0v) is 23.9. The van der Waals surface area contributed by atoms with Crippen LogP contribution in [0.1, 0.15) is 64.7 Å². The molecule has 1 saturated carbocycles. The lowest BCUT2D eigenvalue weighted by atomic mass is 10.0. The number of nitrogens with two attached hydrogens (primary N) is 2. The monoisotopic (exact) mass is 575 g/mol. The van der Waals surface area contributed by atoms with Gasteiger partial charge in [0, 0.05) is 43.4 Å². The van der Waals surface area contributed by atoms with E-state index < -0.39 is 11.6 Å². The van der Waals surface area contributed by atoms with Crippen LogP contribution in [0.4, 0.5) is 19.4 Å². The van der Waals surface area contributed by atoms with Crippen molar-refractivity contribution in [1.82, 2.24) is 24.8 Å². The number of pyridine rings is 1. The summed E-state index contributed by atoms with van der Waals surface area (Å²) in [5.41, 5.74) is 11.6. The van der Waals surface area contributed by atoms with Crippen molar-refractivity contribution in [2.75, 3.05) is 45.3 Å². The fourth-order valence-corrected chi connectivity index (χ4v) is 4.84. The number of primary amides is 1. The summed E-state index contributed by atoms with van der Waals surface area (Å²) in [4.78, 5) is 27.0. The zero-order valence-electron chi connectivity index (χ0n) is 23.9. The summed E-state index contributed by atoms with van der Waals surface area (Å²) in [7, 11) is 0. The molecular formula is C29H43F2N7O3. The lowest BCUT2D eigenvalue weighted by Crippen LogP contribution is -2.33. The third-order valence-corrected chi connectivity index (χ3v) is 7.08. The van der Waals surface area contributed by atoms with Crippen molar-refractivity contribution in [1.29, 1.82) is 0 Å². The van der Waals surface area contributed by atoms with Crippen LogP contribution in [0.5, 0.6) is 0 Å². The van der Waals surface area contributed by atoms with Gasteiger partial charge in [0.25, 0.3) is 0 Å². The summed E-state index contributed by atoms with van der Waals surface area (Å²) in [5.74, 6) is -0.606. The largest absolute Gasteiger partial charge is 0.381 e. The minimum atomic E-state index is -0.692. The second-order valence-electron chi connectivity index (χ2n) is 10.2. The Kier molecular flexibility index (Phi) is 13.7. The summed E-state index contributed by atoms with van der Waals surface area (Å²) < 4.78 is 36.8. The summed E-state index contributed by atoms with van der Waals surface area (Å²) in [6.45, 7) is 6.47. The first kappa shape index (κ1) is 32.1. The van der Waals surface area contributed by atoms with Crippen LogP contribution < -0.4 is 11.5 Å². The quantitative estimate of drug-likeness (QED) is 0.288. The van der Waals surface area contributed by atoms with Gasteiger partial charge in [-0.15, -0.1) is 0 Å². The number of nitrogens with one attached hydrogen (secondary N) is 1. The molecule has 2 aliphatic rings. The van der Waals surface area contributed by atoms with Crippen LogP contribution >= 0.6 is 0 Å². The fourth-order valence-electron chi connectivity index (χ4n) is 4.84. The van der Waals surface area contributed by atoms with Gasteiger partial charge in [0.1, 0.15) is 11.5 Å². The minimum absolute atomic E-state index is 0.215. The number of anilines is 1. The van der Waals surface area contributed by atoms with Crippen LogP contribution in [-0.2, 0) is 9.47 Å². The van der Waals surface area contributed by atoms with Gasteiger partial charge in [-0.05, 0) is 38.2 Å². The molecule has 5 N–H and O–H groups in total. The van der Waals surface area contributed by atoms with Crippen LogP contribution in [0.15, 0.2) is 24.7 Å². The summed E-state index contributed by atoms with van der Waals surface area (Å²) >= 11 is 0. The number of carbonyl (C=O) groups excluding carboxylic acids is 1. The van der Waals surface area contributed by atoms with E-state index in [0.29, 0.717) is 35.7 Å². The van der Waals surface area contributed by atoms with Crippen molar-refractivity contribution >= 4 is 22.9 Å². The number of rotatable bonds is 9. The highest BCUT2D eigenvalue weighted by molar-refractivity contribution is 5.91. The number of hydrogen-bond acceptors (Lipinski definition) is 7. The maximum atomic E-state index is 13.2. The highest BCUT2D eigenvalue weighted by atomic mass is 19.1. The first-order valence-corrected chi connectivity index (χ1v) is 14.5. The van der Waals surface area contributed by atoms with Crippen molar-refractivity contribution in [3.05, 3.63) is 36.3 Å². The normalized spacial score (nSPS) is 16.6. The Bertz CT molecular complexity index is 1190. The predicted molar refractivity (Wildman–Crippen MR) is 155 cm³/mol. The number of H-pyrrole nitrogens is 1. The Hall–Kier alpha value is -3.38. The van der Waals surface area contributed by atoms with Crippen LogP contribution in [0, 0.1) is 17.6 Å². The number of halogens is 2. The van der Waals surface area contributed by atoms with Crippen molar-refractivity contribution in [3.63, 3.8) is 0 Å². The average molecular weight is 576 g/mol. The maximum absolute atomic E-state index is 13.2. The Labute approximate surface area is 240 Å². The lowest BCUT2D eigenvalue weighted by molar-refractivity contribution is 0.0503. The highest BCUT2D eigenvalue weighted by Crippen LogP contribution is 2.26. The van der Waals surface area contributed by atoms with Crippen LogP contribution in [0.25, 0.3) is 22.4 Å². The number of urea groups is 1. The highest BCUT2D eigenvalue weighted by Gasteiger charge is 2.24. The molecule has 1 aliphatic heterocycles. The molecule has 3 aromatic heterocycles. The van der Waals surface area contributed by atoms with Gasteiger partial charge in [-0.2, -0.15) is 0 Å². The van der Waals surface area contributed by atoms with E-state index in [0.717, 1.165) is 58.0 Å². The molecule has 4 heterocycles. The van der Waals surface area contributed by atoms with Gasteiger partial charge in [-0.3, -0.25) is 0 Å². The molecular weight excluding hydrogens is 532 g/mol. The fraction of sp³-hybridized carbons (Fsp3) is 0.586. The molecule has 2 amide bonds. The van der Waals surface area contributed by atoms with E-state index in [9.17, 15) is 13.6 Å². The second kappa shape index (κ2) is 17.4.